The molecule has 3 aromatic rings. The standard InChI is InChI=1S/C22H24FN7O/c1-29(8-9-31-2)15-10-18(23)27-19(11-15)30-13-14-4-5-17(30)16-12-26-22(28-20(14)16)21-24-6-3-7-25-21/h3,6-7,10-12,14,17H,4-5,8-9,13H2,1-2H3/t14-,17-/m1/s1. The molecule has 9 heteroatoms. The van der Waals surface area contributed by atoms with E-state index in [0.29, 0.717) is 30.6 Å². The van der Waals surface area contributed by atoms with Crippen LogP contribution < -0.4 is 9.80 Å². The van der Waals surface area contributed by atoms with E-state index in [4.69, 9.17) is 9.72 Å². The van der Waals surface area contributed by atoms with Gasteiger partial charge in [-0.25, -0.2) is 24.9 Å². The van der Waals surface area contributed by atoms with Crippen LogP contribution in [0.2, 0.25) is 0 Å². The molecule has 5 heterocycles. The van der Waals surface area contributed by atoms with Crippen molar-refractivity contribution in [1.82, 2.24) is 24.9 Å². The highest BCUT2D eigenvalue weighted by Crippen LogP contribution is 2.47. The molecule has 3 aliphatic rings. The van der Waals surface area contributed by atoms with Crippen molar-refractivity contribution >= 4 is 11.5 Å². The van der Waals surface area contributed by atoms with Crippen LogP contribution in [0.5, 0.6) is 0 Å². The first-order valence-electron chi connectivity index (χ1n) is 10.4. The van der Waals surface area contributed by atoms with E-state index < -0.39 is 5.95 Å². The van der Waals surface area contributed by atoms with Gasteiger partial charge in [0.1, 0.15) is 5.82 Å². The summed E-state index contributed by atoms with van der Waals surface area (Å²) in [7, 11) is 3.59. The van der Waals surface area contributed by atoms with Gasteiger partial charge in [-0.2, -0.15) is 4.39 Å². The van der Waals surface area contributed by atoms with Crippen molar-refractivity contribution in [1.29, 1.82) is 0 Å². The molecule has 6 rings (SSSR count). The first-order valence-corrected chi connectivity index (χ1v) is 10.4. The summed E-state index contributed by atoms with van der Waals surface area (Å²) >= 11 is 0. The number of ether oxygens (including phenoxy) is 1. The molecule has 2 bridgehead atoms. The topological polar surface area (TPSA) is 80.2 Å². The van der Waals surface area contributed by atoms with Crippen LogP contribution >= 0.6 is 0 Å². The van der Waals surface area contributed by atoms with Gasteiger partial charge in [0.2, 0.25) is 5.95 Å². The molecule has 0 N–H and O–H groups in total. The van der Waals surface area contributed by atoms with E-state index >= 15 is 0 Å². The Balaban J connectivity index is 1.46. The lowest BCUT2D eigenvalue weighted by Crippen LogP contribution is -2.43. The predicted molar refractivity (Wildman–Crippen MR) is 114 cm³/mol. The Labute approximate surface area is 180 Å². The summed E-state index contributed by atoms with van der Waals surface area (Å²) in [6.45, 7) is 2.00. The number of anilines is 2. The van der Waals surface area contributed by atoms with Crippen LogP contribution in [0, 0.1) is 5.95 Å². The van der Waals surface area contributed by atoms with E-state index in [1.165, 1.54) is 6.07 Å². The Morgan fingerprint density at radius 2 is 1.97 bits per heavy atom. The summed E-state index contributed by atoms with van der Waals surface area (Å²) in [4.78, 5) is 26.3. The van der Waals surface area contributed by atoms with Crippen molar-refractivity contribution < 1.29 is 9.13 Å². The molecule has 2 aliphatic heterocycles. The molecule has 0 spiro atoms. The normalized spacial score (nSPS) is 19.4. The van der Waals surface area contributed by atoms with Gasteiger partial charge in [-0.1, -0.05) is 0 Å². The van der Waals surface area contributed by atoms with Gasteiger partial charge in [-0.3, -0.25) is 0 Å². The zero-order valence-electron chi connectivity index (χ0n) is 17.6. The van der Waals surface area contributed by atoms with Crippen LogP contribution in [0.1, 0.15) is 36.1 Å². The van der Waals surface area contributed by atoms with Crippen LogP contribution in [0.15, 0.2) is 36.8 Å². The Hall–Kier alpha value is -3.20. The second-order valence-electron chi connectivity index (χ2n) is 7.97. The van der Waals surface area contributed by atoms with Crippen molar-refractivity contribution in [3.8, 4) is 11.6 Å². The third kappa shape index (κ3) is 3.69. The van der Waals surface area contributed by atoms with E-state index in [-0.39, 0.29) is 12.0 Å². The van der Waals surface area contributed by atoms with Crippen LogP contribution in [0.4, 0.5) is 15.9 Å². The summed E-state index contributed by atoms with van der Waals surface area (Å²) in [5.74, 6) is 1.48. The summed E-state index contributed by atoms with van der Waals surface area (Å²) in [5, 5.41) is 0. The molecule has 2 atom stereocenters. The van der Waals surface area contributed by atoms with Gasteiger partial charge in [0.15, 0.2) is 11.6 Å². The van der Waals surface area contributed by atoms with E-state index in [9.17, 15) is 4.39 Å². The number of hydrogen-bond acceptors (Lipinski definition) is 8. The molecule has 3 aromatic heterocycles. The lowest BCUT2D eigenvalue weighted by Gasteiger charge is -2.46. The van der Waals surface area contributed by atoms with Crippen LogP contribution in [-0.4, -0.2) is 58.8 Å². The van der Waals surface area contributed by atoms with Crippen molar-refractivity contribution in [3.05, 3.63) is 54.0 Å². The van der Waals surface area contributed by atoms with E-state index in [1.807, 2.05) is 24.2 Å². The highest BCUT2D eigenvalue weighted by atomic mass is 19.1. The average Bonchev–Trinajstić information content (AvgIpc) is 2.82. The molecule has 31 heavy (non-hydrogen) atoms. The minimum absolute atomic E-state index is 0.0807. The Morgan fingerprint density at radius 3 is 2.77 bits per heavy atom. The number of piperidine rings is 1. The van der Waals surface area contributed by atoms with Crippen LogP contribution in [0.25, 0.3) is 11.6 Å². The third-order valence-electron chi connectivity index (χ3n) is 6.07. The monoisotopic (exact) mass is 421 g/mol. The fourth-order valence-corrected chi connectivity index (χ4v) is 4.48. The molecule has 1 fully saturated rings. The Kier molecular flexibility index (Phi) is 5.19. The number of methoxy groups -OCH3 is 1. The SMILES string of the molecule is COCCN(C)c1cc(F)nc(N2C[C@H]3CC[C@@H]2c2cnc(-c4ncccn4)nc23)c1. The number of aromatic nitrogens is 5. The zero-order chi connectivity index (χ0) is 21.4. The largest absolute Gasteiger partial charge is 0.383 e. The number of hydrogen-bond donors (Lipinski definition) is 0. The maximum atomic E-state index is 14.4. The minimum atomic E-state index is -0.480. The summed E-state index contributed by atoms with van der Waals surface area (Å²) in [5.41, 5.74) is 2.93. The molecule has 1 saturated heterocycles. The quantitative estimate of drug-likeness (QED) is 0.562. The molecule has 0 unspecified atom stereocenters. The van der Waals surface area contributed by atoms with Gasteiger partial charge >= 0.3 is 0 Å². The zero-order valence-corrected chi connectivity index (χ0v) is 17.6. The van der Waals surface area contributed by atoms with Gasteiger partial charge in [0.05, 0.1) is 18.3 Å². The number of likely N-dealkylation sites (N-methyl/N-ethyl adjacent to an activating group) is 1. The number of rotatable bonds is 6. The van der Waals surface area contributed by atoms with Gasteiger partial charge in [0.25, 0.3) is 0 Å². The summed E-state index contributed by atoms with van der Waals surface area (Å²) in [6, 6.07) is 5.27. The second-order valence-corrected chi connectivity index (χ2v) is 7.97. The number of pyridine rings is 1. The molecule has 8 nitrogen and oxygen atoms in total. The fraction of sp³-hybridized carbons (Fsp3) is 0.409. The van der Waals surface area contributed by atoms with Crippen LogP contribution in [0.3, 0.4) is 0 Å². The first-order chi connectivity index (χ1) is 15.1. The summed E-state index contributed by atoms with van der Waals surface area (Å²) < 4.78 is 19.6. The Morgan fingerprint density at radius 1 is 1.13 bits per heavy atom. The lowest BCUT2D eigenvalue weighted by molar-refractivity contribution is 0.206. The smallest absolute Gasteiger partial charge is 0.216 e. The molecule has 160 valence electrons. The maximum absolute atomic E-state index is 14.4. The molecule has 1 aliphatic carbocycles. The number of fused-ring (bicyclic) bond motifs is 2. The molecule has 0 amide bonds. The van der Waals surface area contributed by atoms with Crippen LogP contribution in [-0.2, 0) is 4.74 Å². The van der Waals surface area contributed by atoms with Gasteiger partial charge in [-0.15, -0.1) is 0 Å². The van der Waals surface area contributed by atoms with E-state index in [1.54, 1.807) is 25.6 Å². The Bertz CT molecular complexity index is 1080. The molecule has 0 radical (unpaired) electrons. The van der Waals surface area contributed by atoms with Gasteiger partial charge in [0, 0.05) is 75.1 Å². The lowest BCUT2D eigenvalue weighted by atomic mass is 9.78. The van der Waals surface area contributed by atoms with E-state index in [2.05, 4.69) is 24.8 Å². The van der Waals surface area contributed by atoms with Gasteiger partial charge < -0.3 is 14.5 Å². The fourth-order valence-electron chi connectivity index (χ4n) is 4.48. The van der Waals surface area contributed by atoms with Gasteiger partial charge in [-0.05, 0) is 18.9 Å². The third-order valence-corrected chi connectivity index (χ3v) is 6.07. The van der Waals surface area contributed by atoms with Crippen molar-refractivity contribution in [2.45, 2.75) is 24.8 Å². The summed E-state index contributed by atoms with van der Waals surface area (Å²) in [6.07, 6.45) is 7.26. The van der Waals surface area contributed by atoms with E-state index in [0.717, 1.165) is 36.3 Å². The van der Waals surface area contributed by atoms with Crippen molar-refractivity contribution in [2.24, 2.45) is 0 Å². The molecule has 0 aromatic carbocycles. The highest BCUT2D eigenvalue weighted by molar-refractivity contribution is 5.58. The molecular weight excluding hydrogens is 397 g/mol. The second kappa shape index (κ2) is 8.14. The molecular formula is C22H24FN7O. The number of halogens is 1. The predicted octanol–water partition coefficient (Wildman–Crippen LogP) is 2.99. The van der Waals surface area contributed by atoms with Crippen molar-refractivity contribution in [2.75, 3.05) is 43.7 Å². The highest BCUT2D eigenvalue weighted by Gasteiger charge is 2.40. The minimum Gasteiger partial charge on any atom is -0.383 e. The maximum Gasteiger partial charge on any atom is 0.216 e. The molecule has 0 saturated carbocycles. The average molecular weight is 421 g/mol. The van der Waals surface area contributed by atoms with Crippen molar-refractivity contribution in [3.63, 3.8) is 0 Å². The number of nitrogens with zero attached hydrogens (tertiary/aromatic N) is 7. The first kappa shape index (κ1) is 19.7.